The lowest BCUT2D eigenvalue weighted by Gasteiger charge is -2.23. The molecule has 1 saturated carbocycles. The van der Waals surface area contributed by atoms with E-state index in [0.29, 0.717) is 0 Å². The summed E-state index contributed by atoms with van der Waals surface area (Å²) in [5.41, 5.74) is 0. The predicted molar refractivity (Wildman–Crippen MR) is 58.4 cm³/mol. The van der Waals surface area contributed by atoms with Gasteiger partial charge >= 0.3 is 0 Å². The van der Waals surface area contributed by atoms with Crippen molar-refractivity contribution in [1.29, 1.82) is 0 Å². The Hall–Kier alpha value is 0.690. The molecule has 0 heterocycles. The Morgan fingerprint density at radius 1 is 1.36 bits per heavy atom. The molecule has 0 N–H and O–H groups in total. The van der Waals surface area contributed by atoms with E-state index in [4.69, 9.17) is 0 Å². The van der Waals surface area contributed by atoms with Gasteiger partial charge in [0.15, 0.2) is 0 Å². The van der Waals surface area contributed by atoms with Crippen molar-refractivity contribution in [3.63, 3.8) is 0 Å². The van der Waals surface area contributed by atoms with Crippen molar-refractivity contribution >= 4 is 22.6 Å². The van der Waals surface area contributed by atoms with Crippen LogP contribution in [0.3, 0.4) is 0 Å². The van der Waals surface area contributed by atoms with Gasteiger partial charge in [0.25, 0.3) is 0 Å². The fourth-order valence-corrected chi connectivity index (χ4v) is 2.18. The van der Waals surface area contributed by atoms with Crippen LogP contribution in [0.5, 0.6) is 0 Å². The van der Waals surface area contributed by atoms with Gasteiger partial charge in [-0.1, -0.05) is 35.4 Å². The van der Waals surface area contributed by atoms with Gasteiger partial charge in [-0.15, -0.1) is 0 Å². The van der Waals surface area contributed by atoms with E-state index in [0.717, 1.165) is 6.04 Å². The van der Waals surface area contributed by atoms with E-state index in [-0.39, 0.29) is 0 Å². The molecule has 11 heavy (non-hydrogen) atoms. The van der Waals surface area contributed by atoms with Gasteiger partial charge in [0.2, 0.25) is 0 Å². The Labute approximate surface area is 83.7 Å². The molecular weight excluding hydrogens is 249 g/mol. The summed E-state index contributed by atoms with van der Waals surface area (Å²) in [5.74, 6) is 0. The normalized spacial score (nSPS) is 19.9. The summed E-state index contributed by atoms with van der Waals surface area (Å²) in [6, 6.07) is 0.915. The van der Waals surface area contributed by atoms with Crippen LogP contribution < -0.4 is 0 Å². The quantitative estimate of drug-likeness (QED) is 0.559. The minimum Gasteiger partial charge on any atom is -0.303 e. The topological polar surface area (TPSA) is 3.24 Å². The van der Waals surface area contributed by atoms with Crippen LogP contribution in [0.4, 0.5) is 0 Å². The van der Waals surface area contributed by atoms with Crippen molar-refractivity contribution < 1.29 is 0 Å². The summed E-state index contributed by atoms with van der Waals surface area (Å²) in [6.07, 6.45) is 7.15. The lowest BCUT2D eigenvalue weighted by atomic mass is 10.2. The predicted octanol–water partition coefficient (Wildman–Crippen LogP) is 2.69. The third-order valence-electron chi connectivity index (χ3n) is 2.59. The number of rotatable bonds is 4. The van der Waals surface area contributed by atoms with Gasteiger partial charge in [0, 0.05) is 10.5 Å². The molecule has 0 spiro atoms. The zero-order valence-corrected chi connectivity index (χ0v) is 9.51. The summed E-state index contributed by atoms with van der Waals surface area (Å²) in [6.45, 7) is 1.30. The van der Waals surface area contributed by atoms with Gasteiger partial charge < -0.3 is 4.90 Å². The Morgan fingerprint density at radius 2 is 2.00 bits per heavy atom. The van der Waals surface area contributed by atoms with Crippen LogP contribution in [0.15, 0.2) is 0 Å². The average molecular weight is 267 g/mol. The first-order chi connectivity index (χ1) is 5.34. The van der Waals surface area contributed by atoms with Crippen LogP contribution in [0, 0.1) is 0 Å². The lowest BCUT2D eigenvalue weighted by Crippen LogP contribution is -2.30. The van der Waals surface area contributed by atoms with Crippen molar-refractivity contribution in [2.75, 3.05) is 18.0 Å². The highest BCUT2D eigenvalue weighted by Gasteiger charge is 2.18. The summed E-state index contributed by atoms with van der Waals surface area (Å²) in [5, 5.41) is 0. The smallest absolute Gasteiger partial charge is 0.00922 e. The molecule has 1 nitrogen and oxygen atoms in total. The second-order valence-corrected chi connectivity index (χ2v) is 4.54. The maximum Gasteiger partial charge on any atom is 0.00922 e. The van der Waals surface area contributed by atoms with E-state index in [1.165, 1.54) is 43.1 Å². The van der Waals surface area contributed by atoms with Crippen molar-refractivity contribution in [2.24, 2.45) is 0 Å². The third kappa shape index (κ3) is 3.28. The molecule has 0 aromatic rings. The van der Waals surface area contributed by atoms with E-state index < -0.39 is 0 Å². The summed E-state index contributed by atoms with van der Waals surface area (Å²) >= 11 is 2.46. The third-order valence-corrected chi connectivity index (χ3v) is 3.36. The van der Waals surface area contributed by atoms with Gasteiger partial charge in [-0.3, -0.25) is 0 Å². The van der Waals surface area contributed by atoms with Crippen LogP contribution in [0.1, 0.15) is 32.1 Å². The molecule has 1 aliphatic carbocycles. The molecule has 0 saturated heterocycles. The number of halogens is 1. The van der Waals surface area contributed by atoms with Gasteiger partial charge in [-0.25, -0.2) is 0 Å². The molecule has 1 rings (SSSR count). The van der Waals surface area contributed by atoms with Crippen LogP contribution in [-0.2, 0) is 0 Å². The van der Waals surface area contributed by atoms with Gasteiger partial charge in [-0.2, -0.15) is 0 Å². The number of hydrogen-bond donors (Lipinski definition) is 0. The highest BCUT2D eigenvalue weighted by molar-refractivity contribution is 14.1. The molecular formula is C9H18IN. The summed E-state index contributed by atoms with van der Waals surface area (Å²) in [4.78, 5) is 2.55. The molecule has 0 aromatic carbocycles. The Bertz CT molecular complexity index is 99.7. The summed E-state index contributed by atoms with van der Waals surface area (Å²) in [7, 11) is 2.28. The number of alkyl halides is 1. The SMILES string of the molecule is CN(CCCI)C1CCCC1. The van der Waals surface area contributed by atoms with E-state index in [1.807, 2.05) is 0 Å². The van der Waals surface area contributed by atoms with Gasteiger partial charge in [0.1, 0.15) is 0 Å². The fraction of sp³-hybridized carbons (Fsp3) is 1.00. The maximum absolute atomic E-state index is 2.55. The molecule has 66 valence electrons. The highest BCUT2D eigenvalue weighted by atomic mass is 127. The van der Waals surface area contributed by atoms with Gasteiger partial charge in [-0.05, 0) is 32.9 Å². The molecule has 0 amide bonds. The molecule has 0 atom stereocenters. The van der Waals surface area contributed by atoms with Crippen LogP contribution in [0.2, 0.25) is 0 Å². The molecule has 2 heteroatoms. The van der Waals surface area contributed by atoms with Crippen molar-refractivity contribution in [2.45, 2.75) is 38.1 Å². The molecule has 0 aromatic heterocycles. The van der Waals surface area contributed by atoms with Crippen molar-refractivity contribution in [1.82, 2.24) is 4.90 Å². The van der Waals surface area contributed by atoms with Gasteiger partial charge in [0.05, 0.1) is 0 Å². The summed E-state index contributed by atoms with van der Waals surface area (Å²) < 4.78 is 1.30. The van der Waals surface area contributed by atoms with Crippen LogP contribution >= 0.6 is 22.6 Å². The first-order valence-corrected chi connectivity index (χ1v) is 6.13. The second kappa shape index (κ2) is 5.36. The zero-order chi connectivity index (χ0) is 8.10. The first kappa shape index (κ1) is 9.78. The maximum atomic E-state index is 2.55. The average Bonchev–Trinajstić information content (AvgIpc) is 2.52. The second-order valence-electron chi connectivity index (χ2n) is 3.46. The zero-order valence-electron chi connectivity index (χ0n) is 7.35. The molecule has 0 unspecified atom stereocenters. The number of hydrogen-bond acceptors (Lipinski definition) is 1. The molecule has 0 bridgehead atoms. The highest BCUT2D eigenvalue weighted by Crippen LogP contribution is 2.22. The minimum absolute atomic E-state index is 0.915. The fourth-order valence-electron chi connectivity index (χ4n) is 1.84. The monoisotopic (exact) mass is 267 g/mol. The van der Waals surface area contributed by atoms with Crippen LogP contribution in [0.25, 0.3) is 0 Å². The largest absolute Gasteiger partial charge is 0.303 e. The van der Waals surface area contributed by atoms with Crippen LogP contribution in [-0.4, -0.2) is 29.0 Å². The Morgan fingerprint density at radius 3 is 2.55 bits per heavy atom. The minimum atomic E-state index is 0.915. The standard InChI is InChI=1S/C9H18IN/c1-11(8-4-7-10)9-5-2-3-6-9/h9H,2-8H2,1H3. The van der Waals surface area contributed by atoms with E-state index >= 15 is 0 Å². The Balaban J connectivity index is 2.12. The molecule has 0 radical (unpaired) electrons. The van der Waals surface area contributed by atoms with E-state index in [9.17, 15) is 0 Å². The van der Waals surface area contributed by atoms with Crippen molar-refractivity contribution in [3.8, 4) is 0 Å². The first-order valence-electron chi connectivity index (χ1n) is 4.61. The Kier molecular flexibility index (Phi) is 4.76. The van der Waals surface area contributed by atoms with E-state index in [2.05, 4.69) is 34.5 Å². The molecule has 1 fully saturated rings. The van der Waals surface area contributed by atoms with Crippen molar-refractivity contribution in [3.05, 3.63) is 0 Å². The van der Waals surface area contributed by atoms with E-state index in [1.54, 1.807) is 0 Å². The molecule has 1 aliphatic rings. The number of nitrogens with zero attached hydrogens (tertiary/aromatic N) is 1. The molecule has 0 aliphatic heterocycles. The lowest BCUT2D eigenvalue weighted by molar-refractivity contribution is 0.247.